The fourth-order valence-corrected chi connectivity index (χ4v) is 4.32. The molecule has 1 N–H and O–H groups in total. The van der Waals surface area contributed by atoms with Gasteiger partial charge >= 0.3 is 5.97 Å². The van der Waals surface area contributed by atoms with E-state index in [0.29, 0.717) is 35.5 Å². The molecule has 3 rings (SSSR count). The fraction of sp³-hybridized carbons (Fsp3) is 0.455. The number of nitrogens with one attached hydrogen (secondary N) is 1. The number of anilines is 1. The van der Waals surface area contributed by atoms with Crippen LogP contribution in [0.2, 0.25) is 10.0 Å². The Morgan fingerprint density at radius 1 is 1.29 bits per heavy atom. The number of rotatable bonds is 9. The van der Waals surface area contributed by atoms with Gasteiger partial charge in [0.1, 0.15) is 6.04 Å². The molecule has 0 radical (unpaired) electrons. The van der Waals surface area contributed by atoms with Gasteiger partial charge in [0.05, 0.1) is 0 Å². The molecule has 31 heavy (non-hydrogen) atoms. The molecule has 0 aliphatic carbocycles. The lowest BCUT2D eigenvalue weighted by Gasteiger charge is -2.23. The maximum Gasteiger partial charge on any atom is 0.329 e. The normalized spacial score (nSPS) is 16.7. The van der Waals surface area contributed by atoms with Gasteiger partial charge in [-0.05, 0) is 43.0 Å². The molecular formula is C22H26Cl2N4O3. The monoisotopic (exact) mass is 464 g/mol. The van der Waals surface area contributed by atoms with E-state index in [-0.39, 0.29) is 18.4 Å². The third-order valence-electron chi connectivity index (χ3n) is 5.26. The number of ether oxygens (including phenoxy) is 1. The lowest BCUT2D eigenvalue weighted by atomic mass is 9.94. The number of hydrogen-bond acceptors (Lipinski definition) is 6. The van der Waals surface area contributed by atoms with Gasteiger partial charge in [0.25, 0.3) is 5.91 Å². The third kappa shape index (κ3) is 6.31. The number of carbonyl (C=O) groups is 2. The van der Waals surface area contributed by atoms with Crippen LogP contribution in [-0.2, 0) is 14.3 Å². The summed E-state index contributed by atoms with van der Waals surface area (Å²) in [6.45, 7) is 2.83. The van der Waals surface area contributed by atoms with Crippen LogP contribution in [0.4, 0.5) is 5.95 Å². The highest BCUT2D eigenvalue weighted by Gasteiger charge is 2.33. The van der Waals surface area contributed by atoms with Crippen molar-refractivity contribution in [2.75, 3.05) is 24.6 Å². The van der Waals surface area contributed by atoms with E-state index in [1.807, 2.05) is 11.0 Å². The number of benzene rings is 1. The molecule has 2 aromatic rings. The molecule has 166 valence electrons. The zero-order chi connectivity index (χ0) is 22.2. The lowest BCUT2D eigenvalue weighted by Crippen LogP contribution is -2.40. The summed E-state index contributed by atoms with van der Waals surface area (Å²) < 4.78 is 5.29. The van der Waals surface area contributed by atoms with Crippen LogP contribution in [0, 0.1) is 0 Å². The Balaban J connectivity index is 1.51. The lowest BCUT2D eigenvalue weighted by molar-refractivity contribution is -0.149. The van der Waals surface area contributed by atoms with E-state index in [4.69, 9.17) is 27.9 Å². The molecule has 2 heterocycles. The van der Waals surface area contributed by atoms with Gasteiger partial charge in [-0.15, -0.1) is 0 Å². The summed E-state index contributed by atoms with van der Waals surface area (Å²) in [5.74, 6) is -0.241. The minimum atomic E-state index is -0.476. The SMILES string of the molecule is CCC[C@H](CNC(=O)COC(=O)[C@H]1CCCN1c1ncccn1)c1ccc(Cl)cc1Cl. The van der Waals surface area contributed by atoms with E-state index in [9.17, 15) is 9.59 Å². The average molecular weight is 465 g/mol. The Morgan fingerprint density at radius 3 is 2.77 bits per heavy atom. The molecule has 9 heteroatoms. The maximum atomic E-state index is 12.5. The van der Waals surface area contributed by atoms with Gasteiger partial charge in [-0.1, -0.05) is 42.6 Å². The minimum Gasteiger partial charge on any atom is -0.454 e. The number of amides is 1. The topological polar surface area (TPSA) is 84.4 Å². The number of nitrogens with zero attached hydrogens (tertiary/aromatic N) is 3. The zero-order valence-electron chi connectivity index (χ0n) is 17.4. The predicted octanol–water partition coefficient (Wildman–Crippen LogP) is 4.00. The third-order valence-corrected chi connectivity index (χ3v) is 5.83. The first-order chi connectivity index (χ1) is 15.0. The Morgan fingerprint density at radius 2 is 2.06 bits per heavy atom. The second-order valence-corrected chi connectivity index (χ2v) is 8.31. The maximum absolute atomic E-state index is 12.5. The van der Waals surface area contributed by atoms with Crippen molar-refractivity contribution in [1.29, 1.82) is 0 Å². The Hall–Kier alpha value is -2.38. The Bertz CT molecular complexity index is 898. The quantitative estimate of drug-likeness (QED) is 0.564. The van der Waals surface area contributed by atoms with Crippen LogP contribution in [0.25, 0.3) is 0 Å². The van der Waals surface area contributed by atoms with E-state index < -0.39 is 12.0 Å². The minimum absolute atomic E-state index is 0.0509. The van der Waals surface area contributed by atoms with Gasteiger partial charge < -0.3 is 15.0 Å². The van der Waals surface area contributed by atoms with E-state index in [1.54, 1.807) is 30.6 Å². The number of hydrogen-bond donors (Lipinski definition) is 1. The highest BCUT2D eigenvalue weighted by molar-refractivity contribution is 6.35. The summed E-state index contributed by atoms with van der Waals surface area (Å²) >= 11 is 12.3. The number of carbonyl (C=O) groups excluding carboxylic acids is 2. The summed E-state index contributed by atoms with van der Waals surface area (Å²) in [4.78, 5) is 35.1. The van der Waals surface area contributed by atoms with Crippen molar-refractivity contribution in [1.82, 2.24) is 15.3 Å². The van der Waals surface area contributed by atoms with Crippen LogP contribution in [0.15, 0.2) is 36.7 Å². The van der Waals surface area contributed by atoms with Crippen molar-refractivity contribution < 1.29 is 14.3 Å². The first-order valence-corrected chi connectivity index (χ1v) is 11.2. The molecule has 1 aliphatic rings. The van der Waals surface area contributed by atoms with Crippen molar-refractivity contribution in [3.8, 4) is 0 Å². The van der Waals surface area contributed by atoms with Crippen LogP contribution in [0.1, 0.15) is 44.1 Å². The second-order valence-electron chi connectivity index (χ2n) is 7.46. The molecule has 1 aliphatic heterocycles. The molecule has 7 nitrogen and oxygen atoms in total. The molecule has 1 saturated heterocycles. The standard InChI is InChI=1S/C22H26Cl2N4O3/c1-2-5-15(17-8-7-16(23)12-18(17)24)13-27-20(29)14-31-21(30)19-6-3-11-28(19)22-25-9-4-10-26-22/h4,7-10,12,15,19H,2-3,5-6,11,13-14H2,1H3,(H,27,29)/t15-,19-/m1/s1. The summed E-state index contributed by atoms with van der Waals surface area (Å²) in [6, 6.07) is 6.63. The first-order valence-electron chi connectivity index (χ1n) is 10.4. The fourth-order valence-electron chi connectivity index (χ4n) is 3.76. The van der Waals surface area contributed by atoms with E-state index in [1.165, 1.54) is 0 Å². The molecule has 0 unspecified atom stereocenters. The van der Waals surface area contributed by atoms with E-state index in [2.05, 4.69) is 22.2 Å². The summed E-state index contributed by atoms with van der Waals surface area (Å²) in [5, 5.41) is 4.00. The van der Waals surface area contributed by atoms with Gasteiger partial charge in [0.2, 0.25) is 5.95 Å². The van der Waals surface area contributed by atoms with Gasteiger partial charge in [0.15, 0.2) is 6.61 Å². The molecule has 0 spiro atoms. The van der Waals surface area contributed by atoms with Crippen molar-refractivity contribution in [3.05, 3.63) is 52.3 Å². The van der Waals surface area contributed by atoms with Crippen LogP contribution >= 0.6 is 23.2 Å². The molecule has 1 aromatic heterocycles. The van der Waals surface area contributed by atoms with E-state index in [0.717, 1.165) is 24.8 Å². The highest BCUT2D eigenvalue weighted by Crippen LogP contribution is 2.30. The molecule has 2 atom stereocenters. The molecular weight excluding hydrogens is 439 g/mol. The Kier molecular flexibility index (Phi) is 8.49. The summed E-state index contributed by atoms with van der Waals surface area (Å²) in [5.41, 5.74) is 0.940. The van der Waals surface area contributed by atoms with Crippen LogP contribution in [0.3, 0.4) is 0 Å². The van der Waals surface area contributed by atoms with Crippen molar-refractivity contribution in [2.45, 2.75) is 44.6 Å². The molecule has 1 fully saturated rings. The van der Waals surface area contributed by atoms with Crippen LogP contribution < -0.4 is 10.2 Å². The number of esters is 1. The van der Waals surface area contributed by atoms with Gasteiger partial charge in [0, 0.05) is 41.4 Å². The number of halogens is 2. The van der Waals surface area contributed by atoms with Gasteiger partial charge in [-0.2, -0.15) is 0 Å². The molecule has 1 aromatic carbocycles. The van der Waals surface area contributed by atoms with Crippen LogP contribution in [0.5, 0.6) is 0 Å². The van der Waals surface area contributed by atoms with Gasteiger partial charge in [-0.3, -0.25) is 4.79 Å². The average Bonchev–Trinajstić information content (AvgIpc) is 3.26. The molecule has 0 bridgehead atoms. The predicted molar refractivity (Wildman–Crippen MR) is 120 cm³/mol. The highest BCUT2D eigenvalue weighted by atomic mass is 35.5. The molecule has 0 saturated carbocycles. The first kappa shape index (κ1) is 23.3. The van der Waals surface area contributed by atoms with Gasteiger partial charge in [-0.25, -0.2) is 14.8 Å². The molecule has 1 amide bonds. The van der Waals surface area contributed by atoms with Crippen molar-refractivity contribution >= 4 is 41.0 Å². The summed E-state index contributed by atoms with van der Waals surface area (Å²) in [6.07, 6.45) is 6.55. The Labute approximate surface area is 192 Å². The van der Waals surface area contributed by atoms with Crippen molar-refractivity contribution in [2.24, 2.45) is 0 Å². The van der Waals surface area contributed by atoms with Crippen molar-refractivity contribution in [3.63, 3.8) is 0 Å². The van der Waals surface area contributed by atoms with Crippen LogP contribution in [-0.4, -0.2) is 47.6 Å². The summed E-state index contributed by atoms with van der Waals surface area (Å²) in [7, 11) is 0. The zero-order valence-corrected chi connectivity index (χ0v) is 18.9. The smallest absolute Gasteiger partial charge is 0.329 e. The van der Waals surface area contributed by atoms with E-state index >= 15 is 0 Å². The largest absolute Gasteiger partial charge is 0.454 e. The second kappa shape index (κ2) is 11.3. The number of aromatic nitrogens is 2.